The number of nitrogens with zero attached hydrogens (tertiary/aromatic N) is 1. The molecule has 94 valence electrons. The fourth-order valence-electron chi connectivity index (χ4n) is 2.45. The first-order valence-electron chi connectivity index (χ1n) is 6.63. The van der Waals surface area contributed by atoms with E-state index in [0.717, 1.165) is 32.4 Å². The highest BCUT2D eigenvalue weighted by atomic mass is 16.2. The number of carbonyl (C=O) groups is 1. The lowest BCUT2D eigenvalue weighted by Crippen LogP contribution is -2.38. The molecule has 2 unspecified atom stereocenters. The summed E-state index contributed by atoms with van der Waals surface area (Å²) in [5.41, 5.74) is 0. The second kappa shape index (κ2) is 6.24. The van der Waals surface area contributed by atoms with Crippen LogP contribution in [0.4, 0.5) is 0 Å². The molecule has 3 heteroatoms. The fraction of sp³-hybridized carbons (Fsp3) is 0.923. The molecule has 1 heterocycles. The Kier molecular flexibility index (Phi) is 5.26. The van der Waals surface area contributed by atoms with Gasteiger partial charge in [-0.1, -0.05) is 34.1 Å². The first kappa shape index (κ1) is 13.5. The van der Waals surface area contributed by atoms with Crippen LogP contribution in [-0.2, 0) is 4.79 Å². The van der Waals surface area contributed by atoms with Crippen molar-refractivity contribution < 1.29 is 4.79 Å². The average Bonchev–Trinajstić information content (AvgIpc) is 2.57. The Morgan fingerprint density at radius 2 is 2.12 bits per heavy atom. The van der Waals surface area contributed by atoms with Gasteiger partial charge in [-0.3, -0.25) is 10.1 Å². The quantitative estimate of drug-likeness (QED) is 0.754. The molecule has 1 aliphatic heterocycles. The number of nitrogens with one attached hydrogen (secondary N) is 1. The summed E-state index contributed by atoms with van der Waals surface area (Å²) in [7, 11) is 0. The van der Waals surface area contributed by atoms with Crippen LogP contribution < -0.4 is 5.32 Å². The smallest absolute Gasteiger partial charge is 0.241 e. The predicted octanol–water partition coefficient (Wildman–Crippen LogP) is 2.37. The normalized spacial score (nSPS) is 23.2. The fourth-order valence-corrected chi connectivity index (χ4v) is 2.45. The maximum absolute atomic E-state index is 12.2. The predicted molar refractivity (Wildman–Crippen MR) is 67.1 cm³/mol. The van der Waals surface area contributed by atoms with Crippen LogP contribution in [0.2, 0.25) is 0 Å². The summed E-state index contributed by atoms with van der Waals surface area (Å²) < 4.78 is 0. The van der Waals surface area contributed by atoms with Crippen molar-refractivity contribution in [1.29, 1.82) is 0 Å². The molecule has 1 rings (SSSR count). The zero-order valence-corrected chi connectivity index (χ0v) is 11.1. The van der Waals surface area contributed by atoms with E-state index in [2.05, 4.69) is 33.0 Å². The Bertz CT molecular complexity index is 228. The molecule has 0 saturated carbocycles. The van der Waals surface area contributed by atoms with E-state index in [1.165, 1.54) is 0 Å². The van der Waals surface area contributed by atoms with Gasteiger partial charge in [0.15, 0.2) is 0 Å². The van der Waals surface area contributed by atoms with Crippen LogP contribution in [0.5, 0.6) is 0 Å². The summed E-state index contributed by atoms with van der Waals surface area (Å²) in [6, 6.07) is 0.494. The molecule has 1 N–H and O–H groups in total. The van der Waals surface area contributed by atoms with E-state index in [1.807, 2.05) is 4.90 Å². The second-order valence-electron chi connectivity index (χ2n) is 5.20. The van der Waals surface area contributed by atoms with Gasteiger partial charge in [-0.05, 0) is 25.2 Å². The molecule has 0 spiro atoms. The van der Waals surface area contributed by atoms with Gasteiger partial charge >= 0.3 is 0 Å². The minimum atomic E-state index is 0.0610. The molecule has 16 heavy (non-hydrogen) atoms. The van der Waals surface area contributed by atoms with Crippen LogP contribution >= 0.6 is 0 Å². The van der Waals surface area contributed by atoms with Gasteiger partial charge in [-0.2, -0.15) is 0 Å². The van der Waals surface area contributed by atoms with Crippen molar-refractivity contribution >= 4 is 5.91 Å². The Hall–Kier alpha value is -0.570. The molecule has 2 atom stereocenters. The number of carbonyl (C=O) groups excluding carboxylic acids is 1. The summed E-state index contributed by atoms with van der Waals surface area (Å²) in [5.74, 6) is 0.890. The van der Waals surface area contributed by atoms with Gasteiger partial charge < -0.3 is 4.90 Å². The number of hydrogen-bond donors (Lipinski definition) is 1. The van der Waals surface area contributed by atoms with Gasteiger partial charge in [0.25, 0.3) is 0 Å². The summed E-state index contributed by atoms with van der Waals surface area (Å²) in [5, 5.41) is 3.34. The second-order valence-corrected chi connectivity index (χ2v) is 5.20. The lowest BCUT2D eigenvalue weighted by Gasteiger charge is -2.26. The lowest BCUT2D eigenvalue weighted by atomic mass is 10.0. The molecule has 0 bridgehead atoms. The third-order valence-corrected chi connectivity index (χ3v) is 3.33. The van der Waals surface area contributed by atoms with Gasteiger partial charge in [0.05, 0.1) is 12.7 Å². The zero-order valence-electron chi connectivity index (χ0n) is 11.1. The van der Waals surface area contributed by atoms with Crippen molar-refractivity contribution in [2.24, 2.45) is 5.92 Å². The molecule has 0 aromatic rings. The van der Waals surface area contributed by atoms with Crippen molar-refractivity contribution in [1.82, 2.24) is 10.2 Å². The molecule has 1 aliphatic rings. The van der Waals surface area contributed by atoms with E-state index >= 15 is 0 Å². The zero-order chi connectivity index (χ0) is 12.1. The van der Waals surface area contributed by atoms with E-state index in [0.29, 0.717) is 17.9 Å². The standard InChI is InChI=1S/C13H26N2O/c1-5-7-11(6-2)15-9-14-12(13(15)16)8-10(3)4/h10-12,14H,5-9H2,1-4H3. The van der Waals surface area contributed by atoms with Crippen LogP contribution in [0.15, 0.2) is 0 Å². The third kappa shape index (κ3) is 3.21. The summed E-state index contributed by atoms with van der Waals surface area (Å²) in [4.78, 5) is 14.2. The highest BCUT2D eigenvalue weighted by Gasteiger charge is 2.34. The van der Waals surface area contributed by atoms with Crippen molar-refractivity contribution in [2.45, 2.75) is 65.5 Å². The van der Waals surface area contributed by atoms with E-state index in [1.54, 1.807) is 0 Å². The molecule has 1 amide bonds. The van der Waals surface area contributed by atoms with Gasteiger partial charge in [0, 0.05) is 6.04 Å². The largest absolute Gasteiger partial charge is 0.326 e. The molecule has 0 aliphatic carbocycles. The van der Waals surface area contributed by atoms with Gasteiger partial charge in [-0.25, -0.2) is 0 Å². The van der Waals surface area contributed by atoms with Crippen LogP contribution in [-0.4, -0.2) is 29.6 Å². The molecule has 0 radical (unpaired) electrons. The van der Waals surface area contributed by atoms with Gasteiger partial charge in [0.1, 0.15) is 0 Å². The van der Waals surface area contributed by atoms with Crippen LogP contribution in [0.1, 0.15) is 53.4 Å². The van der Waals surface area contributed by atoms with Crippen LogP contribution in [0.3, 0.4) is 0 Å². The Morgan fingerprint density at radius 3 is 2.62 bits per heavy atom. The first-order chi connectivity index (χ1) is 7.60. The average molecular weight is 226 g/mol. The van der Waals surface area contributed by atoms with Crippen LogP contribution in [0.25, 0.3) is 0 Å². The Balaban J connectivity index is 2.54. The summed E-state index contributed by atoms with van der Waals surface area (Å²) in [6.07, 6.45) is 4.29. The molecule has 0 aromatic carbocycles. The lowest BCUT2D eigenvalue weighted by molar-refractivity contribution is -0.131. The minimum Gasteiger partial charge on any atom is -0.326 e. The summed E-state index contributed by atoms with van der Waals surface area (Å²) in [6.45, 7) is 9.43. The van der Waals surface area contributed by atoms with E-state index in [4.69, 9.17) is 0 Å². The Morgan fingerprint density at radius 1 is 1.44 bits per heavy atom. The minimum absolute atomic E-state index is 0.0610. The molecule has 3 nitrogen and oxygen atoms in total. The van der Waals surface area contributed by atoms with Gasteiger partial charge in [0.2, 0.25) is 5.91 Å². The number of rotatable bonds is 6. The van der Waals surface area contributed by atoms with Crippen molar-refractivity contribution in [3.05, 3.63) is 0 Å². The van der Waals surface area contributed by atoms with E-state index < -0.39 is 0 Å². The highest BCUT2D eigenvalue weighted by molar-refractivity contribution is 5.84. The first-order valence-corrected chi connectivity index (χ1v) is 6.63. The van der Waals surface area contributed by atoms with E-state index in [9.17, 15) is 4.79 Å². The topological polar surface area (TPSA) is 32.3 Å². The third-order valence-electron chi connectivity index (χ3n) is 3.33. The Labute approximate surface area is 99.6 Å². The highest BCUT2D eigenvalue weighted by Crippen LogP contribution is 2.18. The van der Waals surface area contributed by atoms with Crippen LogP contribution in [0, 0.1) is 5.92 Å². The van der Waals surface area contributed by atoms with Crippen molar-refractivity contribution in [3.8, 4) is 0 Å². The van der Waals surface area contributed by atoms with Crippen molar-refractivity contribution in [3.63, 3.8) is 0 Å². The summed E-state index contributed by atoms with van der Waals surface area (Å²) >= 11 is 0. The number of hydrogen-bond acceptors (Lipinski definition) is 2. The maximum Gasteiger partial charge on any atom is 0.241 e. The molecule has 1 fully saturated rings. The maximum atomic E-state index is 12.2. The molecule has 1 saturated heterocycles. The molecular formula is C13H26N2O. The number of amides is 1. The molecule has 0 aromatic heterocycles. The van der Waals surface area contributed by atoms with Gasteiger partial charge in [-0.15, -0.1) is 0 Å². The van der Waals surface area contributed by atoms with Crippen molar-refractivity contribution in [2.75, 3.05) is 6.67 Å². The monoisotopic (exact) mass is 226 g/mol. The molecular weight excluding hydrogens is 200 g/mol. The SMILES string of the molecule is CCCC(CC)N1CNC(CC(C)C)C1=O. The van der Waals surface area contributed by atoms with E-state index in [-0.39, 0.29) is 6.04 Å².